The molecule has 5 aliphatic rings. The van der Waals surface area contributed by atoms with Crippen LogP contribution in [-0.2, 0) is 33.8 Å². The van der Waals surface area contributed by atoms with Gasteiger partial charge in [0.2, 0.25) is 0 Å². The van der Waals surface area contributed by atoms with Gasteiger partial charge in [-0.2, -0.15) is 0 Å². The molecule has 0 radical (unpaired) electrons. The molecule has 3 fully saturated rings. The van der Waals surface area contributed by atoms with E-state index < -0.39 is 35.0 Å². The summed E-state index contributed by atoms with van der Waals surface area (Å²) in [6, 6.07) is 15.3. The number of benzene rings is 2. The minimum absolute atomic E-state index is 0.00247. The van der Waals surface area contributed by atoms with E-state index in [4.69, 9.17) is 18.3 Å². The molecule has 4 aliphatic heterocycles. The van der Waals surface area contributed by atoms with Crippen molar-refractivity contribution in [3.05, 3.63) is 118 Å². The van der Waals surface area contributed by atoms with Crippen molar-refractivity contribution in [2.75, 3.05) is 27.3 Å². The van der Waals surface area contributed by atoms with Crippen LogP contribution in [0.15, 0.2) is 81.9 Å². The number of hydrogen-bond donors (Lipinski definition) is 4. The Morgan fingerprint density at radius 2 is 1.13 bits per heavy atom. The Balaban J connectivity index is 0.000000157. The highest BCUT2D eigenvalue weighted by Crippen LogP contribution is 2.38. The van der Waals surface area contributed by atoms with E-state index in [1.807, 2.05) is 0 Å². The third kappa shape index (κ3) is 7.44. The fourth-order valence-electron chi connectivity index (χ4n) is 8.77. The Bertz CT molecular complexity index is 3170. The Morgan fingerprint density at radius 1 is 0.672 bits per heavy atom. The summed E-state index contributed by atoms with van der Waals surface area (Å²) >= 11 is 0. The first kappa shape index (κ1) is 42.5. The summed E-state index contributed by atoms with van der Waals surface area (Å²) in [6.45, 7) is 1.63. The highest BCUT2D eigenvalue weighted by molar-refractivity contribution is 6.10. The van der Waals surface area contributed by atoms with Crippen LogP contribution in [0, 0.1) is 5.92 Å². The van der Waals surface area contributed by atoms with Gasteiger partial charge in [0, 0.05) is 66.3 Å². The largest absolute Gasteiger partial charge is 0.497 e. The molecular weight excluding hydrogens is 869 g/mol. The van der Waals surface area contributed by atoms with Crippen molar-refractivity contribution in [1.29, 1.82) is 0 Å². The maximum Gasteiger partial charge on any atom is 0.322 e. The van der Waals surface area contributed by atoms with Crippen LogP contribution in [0.25, 0.3) is 22.2 Å². The Kier molecular flexibility index (Phi) is 10.1. The lowest BCUT2D eigenvalue weighted by molar-refractivity contribution is -0.126. The second-order valence-electron chi connectivity index (χ2n) is 17.1. The van der Waals surface area contributed by atoms with Crippen molar-refractivity contribution in [2.24, 2.45) is 5.92 Å². The van der Waals surface area contributed by atoms with Gasteiger partial charge < -0.3 is 38.7 Å². The number of Topliss-reactive ketones (excluding diaryl/α,β-unsaturated/α-hetero) is 2. The van der Waals surface area contributed by atoms with Crippen molar-refractivity contribution in [3.8, 4) is 11.5 Å². The molecule has 4 aromatic heterocycles. The minimum atomic E-state index is -1.64. The van der Waals surface area contributed by atoms with Crippen LogP contribution in [0.3, 0.4) is 0 Å². The molecule has 4 N–H and O–H groups in total. The Hall–Kier alpha value is -8.42. The van der Waals surface area contributed by atoms with Crippen LogP contribution in [0.4, 0.5) is 9.59 Å². The molecule has 0 bridgehead atoms. The molecule has 340 valence electrons. The molecule has 6 aromatic rings. The van der Waals surface area contributed by atoms with E-state index >= 15 is 0 Å². The van der Waals surface area contributed by atoms with E-state index in [-0.39, 0.29) is 61.1 Å². The number of carbonyl (C=O) groups is 8. The highest BCUT2D eigenvalue weighted by Gasteiger charge is 2.54. The fraction of sp³-hybridized carbons (Fsp3) is 0.277. The fourth-order valence-corrected chi connectivity index (χ4v) is 8.77. The molecule has 2 aromatic carbocycles. The molecule has 2 atom stereocenters. The maximum absolute atomic E-state index is 13.1. The third-order valence-corrected chi connectivity index (χ3v) is 12.6. The van der Waals surface area contributed by atoms with Gasteiger partial charge in [-0.25, -0.2) is 9.59 Å². The molecule has 0 spiro atoms. The van der Waals surface area contributed by atoms with Crippen LogP contribution in [0.1, 0.15) is 90.3 Å². The van der Waals surface area contributed by atoms with Gasteiger partial charge >= 0.3 is 12.1 Å². The van der Waals surface area contributed by atoms with E-state index in [1.165, 1.54) is 55.5 Å². The summed E-state index contributed by atoms with van der Waals surface area (Å²) in [6.07, 6.45) is 5.52. The number of aromatic nitrogens is 2. The summed E-state index contributed by atoms with van der Waals surface area (Å²) in [7, 11) is 3.03. The van der Waals surface area contributed by atoms with E-state index in [2.05, 4.69) is 31.2 Å². The first-order chi connectivity index (χ1) is 32.2. The standard InChI is InChI=1S/C25H22N4O6.C22H18N4O6/c1-34-16-5-4-14-11-29(22(31)17(14)8-16)12-25(23(32)27-24(33)28-25)21-9-18-20(35-21)7-15(10-26-18)19(30)6-13-2-3-13;1-11(27)13-5-17-16(23-8-13)7-18(32-17)22(20(29)24-21(30)25-22)10-26-9-12-3-4-14(31-2)6-15(12)19(26)28/h4-5,7-10,13H,2-3,6,11-12H2,1H3,(H2,27,28,32,33);3-8H,9-10H2,1-2H3,(H2,24,25,29,30)/t25-;22-/m00/s1. The summed E-state index contributed by atoms with van der Waals surface area (Å²) in [5.74, 6) is -0.249. The SMILES string of the molecule is COc1ccc2c(c1)C(=O)N(C[C@@]1(c3cc4ncc(C(=O)CC5CC5)cc4o3)NC(=O)NC1=O)C2.COc1ccc2c(c1)C(=O)N(C[C@@]1(c3cc4ncc(C(C)=O)cc4o3)NC(=O)NC1=O)C2. The number of amides is 8. The number of ether oxygens (including phenoxy) is 2. The van der Waals surface area contributed by atoms with Gasteiger partial charge in [-0.05, 0) is 73.2 Å². The molecule has 8 amide bonds. The minimum Gasteiger partial charge on any atom is -0.497 e. The van der Waals surface area contributed by atoms with Gasteiger partial charge in [-0.1, -0.05) is 12.1 Å². The average molecular weight is 909 g/mol. The smallest absolute Gasteiger partial charge is 0.322 e. The van der Waals surface area contributed by atoms with Crippen molar-refractivity contribution in [3.63, 3.8) is 0 Å². The number of urea groups is 2. The average Bonchev–Trinajstić information content (AvgIpc) is 3.70. The number of imide groups is 2. The van der Waals surface area contributed by atoms with Gasteiger partial charge in [0.15, 0.2) is 33.8 Å². The normalized spacial score (nSPS) is 20.6. The second kappa shape index (κ2) is 15.9. The number of ketones is 2. The van der Waals surface area contributed by atoms with E-state index in [1.54, 1.807) is 48.5 Å². The zero-order valence-corrected chi connectivity index (χ0v) is 36.1. The summed E-state index contributed by atoms with van der Waals surface area (Å²) in [5.41, 5.74) is 1.52. The molecule has 2 saturated heterocycles. The van der Waals surface area contributed by atoms with Gasteiger partial charge in [-0.15, -0.1) is 0 Å². The molecular formula is C47H40N8O12. The van der Waals surface area contributed by atoms with Crippen molar-refractivity contribution >= 4 is 69.5 Å². The van der Waals surface area contributed by atoms with Crippen LogP contribution < -0.4 is 30.7 Å². The van der Waals surface area contributed by atoms with Gasteiger partial charge in [0.05, 0.1) is 27.3 Å². The zero-order chi connectivity index (χ0) is 46.9. The van der Waals surface area contributed by atoms with E-state index in [0.29, 0.717) is 68.3 Å². The third-order valence-electron chi connectivity index (χ3n) is 12.6. The van der Waals surface area contributed by atoms with Crippen LogP contribution in [-0.4, -0.2) is 94.3 Å². The number of hydrogen-bond acceptors (Lipinski definition) is 14. The predicted molar refractivity (Wildman–Crippen MR) is 232 cm³/mol. The lowest BCUT2D eigenvalue weighted by Gasteiger charge is -2.28. The monoisotopic (exact) mass is 908 g/mol. The number of rotatable bonds is 12. The second-order valence-corrected chi connectivity index (χ2v) is 17.1. The van der Waals surface area contributed by atoms with E-state index in [9.17, 15) is 38.4 Å². The molecule has 20 nitrogen and oxygen atoms in total. The first-order valence-electron chi connectivity index (χ1n) is 21.2. The molecule has 8 heterocycles. The van der Waals surface area contributed by atoms with Crippen molar-refractivity contribution in [1.82, 2.24) is 41.0 Å². The lowest BCUT2D eigenvalue weighted by Crippen LogP contribution is -2.52. The molecule has 0 unspecified atom stereocenters. The quantitative estimate of drug-likeness (QED) is 0.0990. The van der Waals surface area contributed by atoms with Crippen molar-refractivity contribution < 1.29 is 56.7 Å². The number of methoxy groups -OCH3 is 2. The molecule has 20 heteroatoms. The number of nitrogens with zero attached hydrogens (tertiary/aromatic N) is 4. The molecule has 1 saturated carbocycles. The number of pyridine rings is 2. The lowest BCUT2D eigenvalue weighted by atomic mass is 9.95. The molecule has 11 rings (SSSR count). The maximum atomic E-state index is 13.1. The predicted octanol–water partition coefficient (Wildman–Crippen LogP) is 4.24. The summed E-state index contributed by atoms with van der Waals surface area (Å²) in [5, 5.41) is 9.76. The van der Waals surface area contributed by atoms with Crippen molar-refractivity contribution in [2.45, 2.75) is 50.4 Å². The first-order valence-corrected chi connectivity index (χ1v) is 21.2. The summed E-state index contributed by atoms with van der Waals surface area (Å²) in [4.78, 5) is 112. The zero-order valence-electron chi connectivity index (χ0n) is 36.1. The van der Waals surface area contributed by atoms with Crippen LogP contribution >= 0.6 is 0 Å². The number of furan rings is 2. The Morgan fingerprint density at radius 3 is 1.55 bits per heavy atom. The highest BCUT2D eigenvalue weighted by atomic mass is 16.5. The van der Waals surface area contributed by atoms with Crippen LogP contribution in [0.2, 0.25) is 0 Å². The topological polar surface area (TPSA) is 262 Å². The number of nitrogens with one attached hydrogen (secondary N) is 4. The molecule has 1 aliphatic carbocycles. The van der Waals surface area contributed by atoms with Gasteiger partial charge in [0.1, 0.15) is 34.1 Å². The Labute approximate surface area is 379 Å². The number of carbonyl (C=O) groups excluding carboxylic acids is 8. The summed E-state index contributed by atoms with van der Waals surface area (Å²) < 4.78 is 22.3. The van der Waals surface area contributed by atoms with Gasteiger partial charge in [0.25, 0.3) is 23.6 Å². The van der Waals surface area contributed by atoms with Crippen LogP contribution in [0.5, 0.6) is 11.5 Å². The van der Waals surface area contributed by atoms with E-state index in [0.717, 1.165) is 24.0 Å². The molecule has 67 heavy (non-hydrogen) atoms. The number of fused-ring (bicyclic) bond motifs is 4. The van der Waals surface area contributed by atoms with Gasteiger partial charge in [-0.3, -0.25) is 49.4 Å².